The van der Waals surface area contributed by atoms with Crippen molar-refractivity contribution in [3.05, 3.63) is 71.5 Å². The first-order chi connectivity index (χ1) is 11.2. The van der Waals surface area contributed by atoms with Gasteiger partial charge in [0.1, 0.15) is 11.3 Å². The van der Waals surface area contributed by atoms with Crippen molar-refractivity contribution in [3.8, 4) is 6.07 Å². The van der Waals surface area contributed by atoms with E-state index in [0.717, 1.165) is 16.7 Å². The van der Waals surface area contributed by atoms with Crippen LogP contribution in [0.25, 0.3) is 11.0 Å². The normalized spacial score (nSPS) is 11.8. The van der Waals surface area contributed by atoms with Gasteiger partial charge in [0.15, 0.2) is 0 Å². The molecule has 2 aromatic carbocycles. The maximum atomic E-state index is 12.2. The zero-order chi connectivity index (χ0) is 16.2. The Balaban J connectivity index is 1.67. The molecule has 4 nitrogen and oxygen atoms in total. The van der Waals surface area contributed by atoms with Crippen LogP contribution >= 0.6 is 0 Å². The van der Waals surface area contributed by atoms with Gasteiger partial charge in [0.25, 0.3) is 5.91 Å². The molecule has 0 spiro atoms. The number of rotatable bonds is 4. The minimum absolute atomic E-state index is 0.0752. The van der Waals surface area contributed by atoms with Crippen molar-refractivity contribution in [2.45, 2.75) is 19.4 Å². The van der Waals surface area contributed by atoms with Crippen LogP contribution in [0.15, 0.2) is 59.0 Å². The quantitative estimate of drug-likeness (QED) is 0.799. The van der Waals surface area contributed by atoms with Crippen LogP contribution in [0.5, 0.6) is 0 Å². The highest BCUT2D eigenvalue weighted by Crippen LogP contribution is 2.19. The summed E-state index contributed by atoms with van der Waals surface area (Å²) >= 11 is 0. The lowest BCUT2D eigenvalue weighted by Gasteiger charge is -2.12. The second kappa shape index (κ2) is 6.37. The fourth-order valence-corrected chi connectivity index (χ4v) is 2.53. The minimum Gasteiger partial charge on any atom is -0.461 e. The van der Waals surface area contributed by atoms with Gasteiger partial charge < -0.3 is 9.73 Å². The molecule has 0 saturated heterocycles. The SMILES string of the molecule is CC(Cc1cc2ccccc2o1)NC(=O)c1cccc(C#N)c1. The minimum atomic E-state index is -0.189. The number of carbonyl (C=O) groups is 1. The third-order valence-corrected chi connectivity index (χ3v) is 3.62. The second-order valence-electron chi connectivity index (χ2n) is 5.52. The van der Waals surface area contributed by atoms with E-state index in [-0.39, 0.29) is 11.9 Å². The Labute approximate surface area is 134 Å². The fraction of sp³-hybridized carbons (Fsp3) is 0.158. The van der Waals surface area contributed by atoms with E-state index in [1.54, 1.807) is 24.3 Å². The maximum Gasteiger partial charge on any atom is 0.251 e. The molecule has 0 aliphatic carbocycles. The summed E-state index contributed by atoms with van der Waals surface area (Å²) in [7, 11) is 0. The standard InChI is InChI=1S/C19H16N2O2/c1-13(9-17-11-15-6-2-3-8-18(15)23-17)21-19(22)16-7-4-5-14(10-16)12-20/h2-8,10-11,13H,9H2,1H3,(H,21,22). The molecule has 1 atom stereocenters. The van der Waals surface area contributed by atoms with Crippen LogP contribution in [-0.2, 0) is 6.42 Å². The highest BCUT2D eigenvalue weighted by Gasteiger charge is 2.13. The highest BCUT2D eigenvalue weighted by molar-refractivity contribution is 5.94. The molecule has 1 unspecified atom stereocenters. The topological polar surface area (TPSA) is 66.0 Å². The van der Waals surface area contributed by atoms with Gasteiger partial charge in [0.05, 0.1) is 11.6 Å². The molecule has 114 valence electrons. The summed E-state index contributed by atoms with van der Waals surface area (Å²) in [6.07, 6.45) is 0.609. The van der Waals surface area contributed by atoms with Gasteiger partial charge in [-0.3, -0.25) is 4.79 Å². The number of furan rings is 1. The lowest BCUT2D eigenvalue weighted by molar-refractivity contribution is 0.0939. The predicted molar refractivity (Wildman–Crippen MR) is 88.0 cm³/mol. The first kappa shape index (κ1) is 14.9. The Morgan fingerprint density at radius 1 is 1.22 bits per heavy atom. The van der Waals surface area contributed by atoms with E-state index >= 15 is 0 Å². The summed E-state index contributed by atoms with van der Waals surface area (Å²) in [6.45, 7) is 1.93. The molecule has 1 aromatic heterocycles. The maximum absolute atomic E-state index is 12.2. The third kappa shape index (κ3) is 3.41. The van der Waals surface area contributed by atoms with Crippen molar-refractivity contribution in [1.29, 1.82) is 5.26 Å². The summed E-state index contributed by atoms with van der Waals surface area (Å²) in [5, 5.41) is 12.9. The molecule has 1 heterocycles. The van der Waals surface area contributed by atoms with E-state index in [4.69, 9.17) is 9.68 Å². The van der Waals surface area contributed by atoms with Gasteiger partial charge in [-0.25, -0.2) is 0 Å². The lowest BCUT2D eigenvalue weighted by atomic mass is 10.1. The molecule has 0 aliphatic heterocycles. The second-order valence-corrected chi connectivity index (χ2v) is 5.52. The van der Waals surface area contributed by atoms with Crippen LogP contribution in [-0.4, -0.2) is 11.9 Å². The van der Waals surface area contributed by atoms with E-state index in [9.17, 15) is 4.79 Å². The van der Waals surface area contributed by atoms with E-state index in [2.05, 4.69) is 5.32 Å². The molecule has 1 N–H and O–H groups in total. The van der Waals surface area contributed by atoms with Gasteiger partial charge in [-0.1, -0.05) is 24.3 Å². The van der Waals surface area contributed by atoms with Crippen LogP contribution in [0.2, 0.25) is 0 Å². The van der Waals surface area contributed by atoms with Crippen molar-refractivity contribution >= 4 is 16.9 Å². The number of fused-ring (bicyclic) bond motifs is 1. The zero-order valence-electron chi connectivity index (χ0n) is 12.7. The highest BCUT2D eigenvalue weighted by atomic mass is 16.3. The number of amides is 1. The van der Waals surface area contributed by atoms with Gasteiger partial charge in [-0.05, 0) is 37.3 Å². The molecule has 0 saturated carbocycles. The molecule has 23 heavy (non-hydrogen) atoms. The van der Waals surface area contributed by atoms with Crippen LogP contribution in [0.4, 0.5) is 0 Å². The molecule has 0 fully saturated rings. The van der Waals surface area contributed by atoms with Crippen LogP contribution in [0.3, 0.4) is 0 Å². The Hall–Kier alpha value is -3.06. The number of benzene rings is 2. The summed E-state index contributed by atoms with van der Waals surface area (Å²) < 4.78 is 5.77. The number of hydrogen-bond donors (Lipinski definition) is 1. The van der Waals surface area contributed by atoms with E-state index in [1.165, 1.54) is 0 Å². The summed E-state index contributed by atoms with van der Waals surface area (Å²) in [4.78, 5) is 12.2. The molecule has 0 radical (unpaired) electrons. The van der Waals surface area contributed by atoms with Gasteiger partial charge in [0, 0.05) is 23.4 Å². The number of hydrogen-bond acceptors (Lipinski definition) is 3. The molecule has 4 heteroatoms. The monoisotopic (exact) mass is 304 g/mol. The van der Waals surface area contributed by atoms with Gasteiger partial charge in [-0.15, -0.1) is 0 Å². The number of nitriles is 1. The Bertz CT molecular complexity index is 857. The van der Waals surface area contributed by atoms with Gasteiger partial charge in [-0.2, -0.15) is 5.26 Å². The zero-order valence-corrected chi connectivity index (χ0v) is 12.7. The van der Waals surface area contributed by atoms with Gasteiger partial charge in [0.2, 0.25) is 0 Å². The number of carbonyl (C=O) groups excluding carboxylic acids is 1. The van der Waals surface area contributed by atoms with E-state index < -0.39 is 0 Å². The summed E-state index contributed by atoms with van der Waals surface area (Å²) in [6, 6.07) is 18.4. The van der Waals surface area contributed by atoms with E-state index in [1.807, 2.05) is 43.3 Å². The molecule has 3 rings (SSSR count). The summed E-state index contributed by atoms with van der Waals surface area (Å²) in [5.74, 6) is 0.649. The average Bonchev–Trinajstić information content (AvgIpc) is 2.96. The Kier molecular flexibility index (Phi) is 4.11. The predicted octanol–water partition coefficient (Wildman–Crippen LogP) is 3.67. The van der Waals surface area contributed by atoms with Crippen molar-refractivity contribution in [3.63, 3.8) is 0 Å². The number of nitrogens with one attached hydrogen (secondary N) is 1. The smallest absolute Gasteiger partial charge is 0.251 e. The van der Waals surface area contributed by atoms with Crippen molar-refractivity contribution in [1.82, 2.24) is 5.32 Å². The van der Waals surface area contributed by atoms with Crippen LogP contribution in [0, 0.1) is 11.3 Å². The first-order valence-electron chi connectivity index (χ1n) is 7.44. The molecule has 1 amide bonds. The molecular formula is C19H16N2O2. The first-order valence-corrected chi connectivity index (χ1v) is 7.44. The van der Waals surface area contributed by atoms with E-state index in [0.29, 0.717) is 17.5 Å². The van der Waals surface area contributed by atoms with Crippen molar-refractivity contribution in [2.24, 2.45) is 0 Å². The summed E-state index contributed by atoms with van der Waals surface area (Å²) in [5.41, 5.74) is 1.81. The third-order valence-electron chi connectivity index (χ3n) is 3.62. The molecule has 0 bridgehead atoms. The molecule has 3 aromatic rings. The number of para-hydroxylation sites is 1. The Morgan fingerprint density at radius 3 is 2.83 bits per heavy atom. The van der Waals surface area contributed by atoms with Crippen molar-refractivity contribution < 1.29 is 9.21 Å². The molecule has 0 aliphatic rings. The average molecular weight is 304 g/mol. The van der Waals surface area contributed by atoms with Crippen LogP contribution in [0.1, 0.15) is 28.6 Å². The number of nitrogens with zero attached hydrogens (tertiary/aromatic N) is 1. The molecular weight excluding hydrogens is 288 g/mol. The largest absolute Gasteiger partial charge is 0.461 e. The van der Waals surface area contributed by atoms with Crippen LogP contribution < -0.4 is 5.32 Å². The van der Waals surface area contributed by atoms with Crippen molar-refractivity contribution in [2.75, 3.05) is 0 Å². The lowest BCUT2D eigenvalue weighted by Crippen LogP contribution is -2.34. The fourth-order valence-electron chi connectivity index (χ4n) is 2.53. The Morgan fingerprint density at radius 2 is 2.04 bits per heavy atom. The van der Waals surface area contributed by atoms with Gasteiger partial charge >= 0.3 is 0 Å².